The van der Waals surface area contributed by atoms with Crippen molar-refractivity contribution in [3.63, 3.8) is 0 Å². The minimum atomic E-state index is 0.329. The second-order valence-corrected chi connectivity index (χ2v) is 8.91. The lowest BCUT2D eigenvalue weighted by Gasteiger charge is -2.23. The molecule has 33 heavy (non-hydrogen) atoms. The standard InChI is InChI=1S/C23H22N8OS/c1-14-26-21(30-32-14)16-5-2-4-15(12-16)19-20(31-10-11-33-23(31)29-19)18-7-9-25-22(28-18)27-17-6-3-8-24-13-17/h2,4-5,7,9-12,17,24H,3,6,8,13H2,1H3,(H,25,27,28). The molecule has 1 aromatic carbocycles. The number of rotatable bonds is 5. The third-order valence-corrected chi connectivity index (χ3v) is 6.47. The number of anilines is 1. The van der Waals surface area contributed by atoms with Crippen molar-refractivity contribution in [3.8, 4) is 34.0 Å². The largest absolute Gasteiger partial charge is 0.350 e. The maximum Gasteiger partial charge on any atom is 0.223 e. The Labute approximate surface area is 193 Å². The first-order valence-electron chi connectivity index (χ1n) is 10.9. The van der Waals surface area contributed by atoms with Gasteiger partial charge in [-0.25, -0.2) is 15.0 Å². The molecule has 2 N–H and O–H groups in total. The number of thiazole rings is 1. The molecule has 1 aliphatic heterocycles. The van der Waals surface area contributed by atoms with Crippen molar-refractivity contribution < 1.29 is 4.52 Å². The van der Waals surface area contributed by atoms with E-state index in [2.05, 4.69) is 30.2 Å². The van der Waals surface area contributed by atoms with Crippen LogP contribution < -0.4 is 10.6 Å². The van der Waals surface area contributed by atoms with Gasteiger partial charge < -0.3 is 15.2 Å². The summed E-state index contributed by atoms with van der Waals surface area (Å²) in [5, 5.41) is 13.0. The molecule has 6 rings (SSSR count). The molecule has 1 saturated heterocycles. The van der Waals surface area contributed by atoms with Gasteiger partial charge in [-0.1, -0.05) is 23.4 Å². The van der Waals surface area contributed by atoms with Gasteiger partial charge in [0.05, 0.1) is 11.4 Å². The summed E-state index contributed by atoms with van der Waals surface area (Å²) in [6.07, 6.45) is 6.08. The lowest BCUT2D eigenvalue weighted by molar-refractivity contribution is 0.394. The monoisotopic (exact) mass is 458 g/mol. The van der Waals surface area contributed by atoms with E-state index in [-0.39, 0.29) is 0 Å². The van der Waals surface area contributed by atoms with E-state index in [1.165, 1.54) is 0 Å². The van der Waals surface area contributed by atoms with Crippen LogP contribution in [0.1, 0.15) is 18.7 Å². The second kappa shape index (κ2) is 8.38. The molecule has 9 nitrogen and oxygen atoms in total. The minimum absolute atomic E-state index is 0.329. The first-order valence-corrected chi connectivity index (χ1v) is 11.8. The summed E-state index contributed by atoms with van der Waals surface area (Å²) in [7, 11) is 0. The number of hydrogen-bond acceptors (Lipinski definition) is 9. The van der Waals surface area contributed by atoms with E-state index in [0.717, 1.165) is 59.1 Å². The Bertz CT molecular complexity index is 1410. The van der Waals surface area contributed by atoms with Crippen LogP contribution in [0.3, 0.4) is 0 Å². The van der Waals surface area contributed by atoms with Gasteiger partial charge in [-0.3, -0.25) is 4.40 Å². The zero-order valence-electron chi connectivity index (χ0n) is 18.0. The molecule has 10 heteroatoms. The van der Waals surface area contributed by atoms with E-state index in [9.17, 15) is 0 Å². The van der Waals surface area contributed by atoms with Crippen LogP contribution in [0.25, 0.3) is 39.0 Å². The predicted octanol–water partition coefficient (Wildman–Crippen LogP) is 4.04. The minimum Gasteiger partial charge on any atom is -0.350 e. The summed E-state index contributed by atoms with van der Waals surface area (Å²) >= 11 is 1.59. The molecule has 1 atom stereocenters. The lowest BCUT2D eigenvalue weighted by atomic mass is 10.0. The van der Waals surface area contributed by atoms with E-state index in [0.29, 0.717) is 23.7 Å². The van der Waals surface area contributed by atoms with Crippen molar-refractivity contribution in [1.29, 1.82) is 0 Å². The molecule has 0 saturated carbocycles. The Morgan fingerprint density at radius 3 is 2.97 bits per heavy atom. The summed E-state index contributed by atoms with van der Waals surface area (Å²) in [5.41, 5.74) is 4.44. The molecule has 5 heterocycles. The molecule has 1 unspecified atom stereocenters. The first-order chi connectivity index (χ1) is 16.2. The van der Waals surface area contributed by atoms with Crippen LogP contribution in [0.4, 0.5) is 5.95 Å². The van der Waals surface area contributed by atoms with Crippen molar-refractivity contribution in [3.05, 3.63) is 54.0 Å². The Kier molecular flexibility index (Phi) is 5.08. The third-order valence-electron chi connectivity index (χ3n) is 5.71. The van der Waals surface area contributed by atoms with Crippen molar-refractivity contribution in [1.82, 2.24) is 34.8 Å². The number of aromatic nitrogens is 6. The third kappa shape index (κ3) is 3.87. The van der Waals surface area contributed by atoms with Gasteiger partial charge in [0.1, 0.15) is 5.69 Å². The topological polar surface area (TPSA) is 106 Å². The normalized spacial score (nSPS) is 16.3. The predicted molar refractivity (Wildman–Crippen MR) is 127 cm³/mol. The van der Waals surface area contributed by atoms with Crippen LogP contribution in [0, 0.1) is 6.92 Å². The fourth-order valence-electron chi connectivity index (χ4n) is 4.17. The molecular weight excluding hydrogens is 436 g/mol. The Hall–Kier alpha value is -3.63. The van der Waals surface area contributed by atoms with Gasteiger partial charge in [-0.2, -0.15) is 4.98 Å². The van der Waals surface area contributed by atoms with E-state index in [1.54, 1.807) is 24.5 Å². The second-order valence-electron chi connectivity index (χ2n) is 8.04. The highest BCUT2D eigenvalue weighted by molar-refractivity contribution is 7.15. The van der Waals surface area contributed by atoms with Crippen molar-refractivity contribution in [2.45, 2.75) is 25.8 Å². The molecule has 1 aliphatic rings. The number of hydrogen-bond donors (Lipinski definition) is 2. The van der Waals surface area contributed by atoms with E-state index < -0.39 is 0 Å². The van der Waals surface area contributed by atoms with E-state index >= 15 is 0 Å². The average Bonchev–Trinajstić information content (AvgIpc) is 3.56. The van der Waals surface area contributed by atoms with Gasteiger partial charge in [-0.05, 0) is 31.5 Å². The number of nitrogens with one attached hydrogen (secondary N) is 2. The smallest absolute Gasteiger partial charge is 0.223 e. The van der Waals surface area contributed by atoms with Crippen LogP contribution in [-0.2, 0) is 0 Å². The van der Waals surface area contributed by atoms with Crippen LogP contribution in [0.2, 0.25) is 0 Å². The highest BCUT2D eigenvalue weighted by Crippen LogP contribution is 2.35. The molecule has 0 amide bonds. The van der Waals surface area contributed by atoms with Crippen LogP contribution >= 0.6 is 11.3 Å². The van der Waals surface area contributed by atoms with Gasteiger partial charge in [-0.15, -0.1) is 11.3 Å². The molecule has 1 fully saturated rings. The molecular formula is C23H22N8OS. The highest BCUT2D eigenvalue weighted by atomic mass is 32.1. The number of aryl methyl sites for hydroxylation is 1. The van der Waals surface area contributed by atoms with Crippen LogP contribution in [0.15, 0.2) is 52.6 Å². The Balaban J connectivity index is 1.42. The maximum atomic E-state index is 5.16. The van der Waals surface area contributed by atoms with Crippen LogP contribution in [0.5, 0.6) is 0 Å². The quantitative estimate of drug-likeness (QED) is 0.406. The zero-order chi connectivity index (χ0) is 22.2. The zero-order valence-corrected chi connectivity index (χ0v) is 18.8. The summed E-state index contributed by atoms with van der Waals surface area (Å²) in [4.78, 5) is 19.5. The van der Waals surface area contributed by atoms with Gasteiger partial charge >= 0.3 is 0 Å². The van der Waals surface area contributed by atoms with Crippen molar-refractivity contribution >= 4 is 22.2 Å². The van der Waals surface area contributed by atoms with E-state index in [1.807, 2.05) is 41.9 Å². The maximum absolute atomic E-state index is 5.16. The molecule has 4 aromatic heterocycles. The van der Waals surface area contributed by atoms with Gasteiger partial charge in [0, 0.05) is 48.4 Å². The molecule has 5 aromatic rings. The summed E-state index contributed by atoms with van der Waals surface area (Å²) < 4.78 is 7.24. The molecule has 0 bridgehead atoms. The van der Waals surface area contributed by atoms with Gasteiger partial charge in [0.25, 0.3) is 0 Å². The number of benzene rings is 1. The highest BCUT2D eigenvalue weighted by Gasteiger charge is 2.20. The van der Waals surface area contributed by atoms with Gasteiger partial charge in [0.15, 0.2) is 4.96 Å². The first kappa shape index (κ1) is 20.0. The number of nitrogens with zero attached hydrogens (tertiary/aromatic N) is 6. The lowest BCUT2D eigenvalue weighted by Crippen LogP contribution is -2.38. The van der Waals surface area contributed by atoms with Crippen molar-refractivity contribution in [2.24, 2.45) is 0 Å². The fourth-order valence-corrected chi connectivity index (χ4v) is 4.89. The fraction of sp³-hybridized carbons (Fsp3) is 0.261. The summed E-state index contributed by atoms with van der Waals surface area (Å²) in [6, 6.07) is 10.3. The van der Waals surface area contributed by atoms with E-state index in [4.69, 9.17) is 14.5 Å². The van der Waals surface area contributed by atoms with Crippen molar-refractivity contribution in [2.75, 3.05) is 18.4 Å². The summed E-state index contributed by atoms with van der Waals surface area (Å²) in [6.45, 7) is 3.77. The van der Waals surface area contributed by atoms with Crippen LogP contribution in [-0.4, -0.2) is 48.6 Å². The SMILES string of the molecule is Cc1nc(-c2cccc(-c3nc4sccn4c3-c3ccnc(NC4CCCNC4)n3)c2)no1. The number of fused-ring (bicyclic) bond motifs is 1. The molecule has 0 radical (unpaired) electrons. The Morgan fingerprint density at radius 2 is 2.12 bits per heavy atom. The number of imidazole rings is 1. The number of piperidine rings is 1. The molecule has 0 spiro atoms. The molecule has 166 valence electrons. The molecule has 0 aliphatic carbocycles. The van der Waals surface area contributed by atoms with Gasteiger partial charge in [0.2, 0.25) is 17.7 Å². The average molecular weight is 459 g/mol. The Morgan fingerprint density at radius 1 is 1.18 bits per heavy atom. The summed E-state index contributed by atoms with van der Waals surface area (Å²) in [5.74, 6) is 1.73.